The summed E-state index contributed by atoms with van der Waals surface area (Å²) < 4.78 is 1.04. The molecule has 3 nitrogen and oxygen atoms in total. The number of rotatable bonds is 4. The molecule has 1 heterocycles. The number of hydrogen-bond acceptors (Lipinski definition) is 3. The molecule has 1 aromatic carbocycles. The smallest absolute Gasteiger partial charge is 0.345 e. The van der Waals surface area contributed by atoms with Crippen LogP contribution in [-0.2, 0) is 6.54 Å². The minimum Gasteiger partial charge on any atom is -0.477 e. The van der Waals surface area contributed by atoms with Crippen molar-refractivity contribution < 1.29 is 9.90 Å². The van der Waals surface area contributed by atoms with Gasteiger partial charge in [0.1, 0.15) is 4.88 Å². The van der Waals surface area contributed by atoms with E-state index in [1.807, 2.05) is 32.0 Å². The molecule has 2 rings (SSSR count). The molecule has 0 amide bonds. The Bertz CT molecular complexity index is 622. The summed E-state index contributed by atoms with van der Waals surface area (Å²) in [6.45, 7) is 4.60. The number of halogens is 1. The van der Waals surface area contributed by atoms with E-state index in [4.69, 9.17) is 5.11 Å². The van der Waals surface area contributed by atoms with Gasteiger partial charge in [-0.1, -0.05) is 12.1 Å². The predicted octanol–water partition coefficient (Wildman–Crippen LogP) is 4.44. The average Bonchev–Trinajstić information content (AvgIpc) is 2.73. The maximum absolute atomic E-state index is 10.9. The number of carboxylic acids is 1. The van der Waals surface area contributed by atoms with Crippen LogP contribution in [0, 0.1) is 13.8 Å². The highest BCUT2D eigenvalue weighted by atomic mass is 79.9. The molecule has 0 fully saturated rings. The molecular formula is C14H14BrNO2S. The van der Waals surface area contributed by atoms with Crippen molar-refractivity contribution >= 4 is 38.9 Å². The Morgan fingerprint density at radius 2 is 2.16 bits per heavy atom. The number of thiophene rings is 1. The summed E-state index contributed by atoms with van der Waals surface area (Å²) >= 11 is 4.86. The van der Waals surface area contributed by atoms with E-state index in [0.717, 1.165) is 20.6 Å². The van der Waals surface area contributed by atoms with Crippen LogP contribution in [0.1, 0.15) is 25.7 Å². The fourth-order valence-electron chi connectivity index (χ4n) is 1.78. The van der Waals surface area contributed by atoms with Crippen molar-refractivity contribution in [2.24, 2.45) is 0 Å². The van der Waals surface area contributed by atoms with Gasteiger partial charge in [-0.2, -0.15) is 0 Å². The molecule has 0 spiro atoms. The highest BCUT2D eigenvalue weighted by Crippen LogP contribution is 2.27. The molecule has 0 aliphatic carbocycles. The standard InChI is InChI=1S/C14H14BrNO2S/c1-8-4-3-5-11(13(8)15)16-7-10-6-12(14(17)18)19-9(10)2/h3-6,16H,7H2,1-2H3,(H,17,18). The Hall–Kier alpha value is -1.33. The zero-order chi connectivity index (χ0) is 14.0. The summed E-state index contributed by atoms with van der Waals surface area (Å²) in [5.41, 5.74) is 3.21. The number of aryl methyl sites for hydroxylation is 2. The molecule has 0 aliphatic heterocycles. The molecule has 0 aliphatic rings. The van der Waals surface area contributed by atoms with Gasteiger partial charge in [-0.25, -0.2) is 4.79 Å². The molecule has 0 unspecified atom stereocenters. The molecule has 2 aromatic rings. The average molecular weight is 340 g/mol. The molecule has 5 heteroatoms. The lowest BCUT2D eigenvalue weighted by Crippen LogP contribution is -2.01. The number of nitrogens with one attached hydrogen (secondary N) is 1. The maximum atomic E-state index is 10.9. The second-order valence-electron chi connectivity index (χ2n) is 4.29. The van der Waals surface area contributed by atoms with Crippen LogP contribution in [0.5, 0.6) is 0 Å². The van der Waals surface area contributed by atoms with Crippen molar-refractivity contribution in [3.05, 3.63) is 49.6 Å². The Balaban J connectivity index is 2.14. The van der Waals surface area contributed by atoms with Crippen molar-refractivity contribution in [2.45, 2.75) is 20.4 Å². The third-order valence-electron chi connectivity index (χ3n) is 2.89. The van der Waals surface area contributed by atoms with Gasteiger partial charge in [-0.3, -0.25) is 0 Å². The van der Waals surface area contributed by atoms with E-state index in [1.54, 1.807) is 6.07 Å². The first-order valence-corrected chi connectivity index (χ1v) is 7.41. The molecule has 0 saturated carbocycles. The molecule has 1 aromatic heterocycles. The Labute approximate surface area is 124 Å². The van der Waals surface area contributed by atoms with Gasteiger partial charge >= 0.3 is 5.97 Å². The van der Waals surface area contributed by atoms with Crippen LogP contribution in [0.15, 0.2) is 28.7 Å². The monoisotopic (exact) mass is 339 g/mol. The number of aromatic carboxylic acids is 1. The first-order valence-electron chi connectivity index (χ1n) is 5.80. The quantitative estimate of drug-likeness (QED) is 0.865. The summed E-state index contributed by atoms with van der Waals surface area (Å²) in [7, 11) is 0. The lowest BCUT2D eigenvalue weighted by molar-refractivity contribution is 0.0702. The van der Waals surface area contributed by atoms with Crippen molar-refractivity contribution in [1.82, 2.24) is 0 Å². The van der Waals surface area contributed by atoms with Gasteiger partial charge in [0.2, 0.25) is 0 Å². The van der Waals surface area contributed by atoms with E-state index in [-0.39, 0.29) is 0 Å². The first kappa shape index (κ1) is 14.1. The van der Waals surface area contributed by atoms with E-state index in [2.05, 4.69) is 21.2 Å². The van der Waals surface area contributed by atoms with Crippen LogP contribution in [0.3, 0.4) is 0 Å². The van der Waals surface area contributed by atoms with Crippen LogP contribution in [0.4, 0.5) is 5.69 Å². The Morgan fingerprint density at radius 3 is 2.79 bits per heavy atom. The minimum atomic E-state index is -0.865. The number of hydrogen-bond donors (Lipinski definition) is 2. The Kier molecular flexibility index (Phi) is 4.27. The topological polar surface area (TPSA) is 49.3 Å². The van der Waals surface area contributed by atoms with Gasteiger partial charge < -0.3 is 10.4 Å². The fourth-order valence-corrected chi connectivity index (χ4v) is 3.06. The minimum absolute atomic E-state index is 0.387. The van der Waals surface area contributed by atoms with Gasteiger partial charge in [0.15, 0.2) is 0 Å². The van der Waals surface area contributed by atoms with Crippen LogP contribution >= 0.6 is 27.3 Å². The number of anilines is 1. The van der Waals surface area contributed by atoms with Crippen LogP contribution in [0.2, 0.25) is 0 Å². The van der Waals surface area contributed by atoms with Crippen molar-refractivity contribution in [2.75, 3.05) is 5.32 Å². The molecule has 0 radical (unpaired) electrons. The normalized spacial score (nSPS) is 10.5. The third-order valence-corrected chi connectivity index (χ3v) is 5.03. The molecule has 19 heavy (non-hydrogen) atoms. The zero-order valence-electron chi connectivity index (χ0n) is 10.7. The predicted molar refractivity (Wildman–Crippen MR) is 82.2 cm³/mol. The summed E-state index contributed by atoms with van der Waals surface area (Å²) in [5.74, 6) is -0.865. The summed E-state index contributed by atoms with van der Waals surface area (Å²) in [6, 6.07) is 7.76. The summed E-state index contributed by atoms with van der Waals surface area (Å²) in [5, 5.41) is 12.3. The lowest BCUT2D eigenvalue weighted by Gasteiger charge is -2.10. The molecule has 2 N–H and O–H groups in total. The van der Waals surface area contributed by atoms with Crippen LogP contribution in [-0.4, -0.2) is 11.1 Å². The van der Waals surface area contributed by atoms with Crippen LogP contribution < -0.4 is 5.32 Å². The second kappa shape index (κ2) is 5.75. The van der Waals surface area contributed by atoms with E-state index in [0.29, 0.717) is 11.4 Å². The molecular weight excluding hydrogens is 326 g/mol. The maximum Gasteiger partial charge on any atom is 0.345 e. The summed E-state index contributed by atoms with van der Waals surface area (Å²) in [4.78, 5) is 12.3. The van der Waals surface area contributed by atoms with E-state index < -0.39 is 5.97 Å². The number of carboxylic acid groups (broad SMARTS) is 1. The van der Waals surface area contributed by atoms with E-state index in [1.165, 1.54) is 16.9 Å². The Morgan fingerprint density at radius 1 is 1.42 bits per heavy atom. The van der Waals surface area contributed by atoms with Gasteiger partial charge in [0, 0.05) is 21.6 Å². The van der Waals surface area contributed by atoms with Gasteiger partial charge in [-0.15, -0.1) is 11.3 Å². The molecule has 0 saturated heterocycles. The van der Waals surface area contributed by atoms with Crippen molar-refractivity contribution in [3.63, 3.8) is 0 Å². The molecule has 0 bridgehead atoms. The second-order valence-corrected chi connectivity index (χ2v) is 6.34. The zero-order valence-corrected chi connectivity index (χ0v) is 13.1. The number of benzene rings is 1. The lowest BCUT2D eigenvalue weighted by atomic mass is 10.2. The van der Waals surface area contributed by atoms with Gasteiger partial charge in [-0.05, 0) is 53.0 Å². The van der Waals surface area contributed by atoms with E-state index in [9.17, 15) is 4.79 Å². The van der Waals surface area contributed by atoms with Gasteiger partial charge in [0.05, 0.1) is 0 Å². The number of carbonyl (C=O) groups is 1. The SMILES string of the molecule is Cc1cccc(NCc2cc(C(=O)O)sc2C)c1Br. The largest absolute Gasteiger partial charge is 0.477 e. The van der Waals surface area contributed by atoms with Crippen molar-refractivity contribution in [1.29, 1.82) is 0 Å². The van der Waals surface area contributed by atoms with E-state index >= 15 is 0 Å². The molecule has 100 valence electrons. The van der Waals surface area contributed by atoms with Gasteiger partial charge in [0.25, 0.3) is 0 Å². The third kappa shape index (κ3) is 3.16. The summed E-state index contributed by atoms with van der Waals surface area (Å²) in [6.07, 6.45) is 0. The molecule has 0 atom stereocenters. The first-order chi connectivity index (χ1) is 8.99. The highest BCUT2D eigenvalue weighted by molar-refractivity contribution is 9.10. The van der Waals surface area contributed by atoms with Crippen LogP contribution in [0.25, 0.3) is 0 Å². The van der Waals surface area contributed by atoms with Crippen molar-refractivity contribution in [3.8, 4) is 0 Å². The fraction of sp³-hybridized carbons (Fsp3) is 0.214. The highest BCUT2D eigenvalue weighted by Gasteiger charge is 2.11.